The second kappa shape index (κ2) is 11.6. The maximum atomic E-state index is 15.4. The van der Waals surface area contributed by atoms with Gasteiger partial charge in [-0.25, -0.2) is 23.7 Å². The number of amides is 1. The fraction of sp³-hybridized carbons (Fsp3) is 0.241. The van der Waals surface area contributed by atoms with Gasteiger partial charge in [0.2, 0.25) is 11.9 Å². The van der Waals surface area contributed by atoms with Gasteiger partial charge in [-0.2, -0.15) is 0 Å². The van der Waals surface area contributed by atoms with Crippen LogP contribution in [0.3, 0.4) is 0 Å². The van der Waals surface area contributed by atoms with E-state index in [0.29, 0.717) is 41.8 Å². The van der Waals surface area contributed by atoms with E-state index in [9.17, 15) is 4.79 Å². The zero-order valence-corrected chi connectivity index (χ0v) is 21.9. The fourth-order valence-corrected chi connectivity index (χ4v) is 4.61. The first-order chi connectivity index (χ1) is 19.4. The molecule has 0 aliphatic carbocycles. The molecule has 0 spiro atoms. The first-order valence-electron chi connectivity index (χ1n) is 12.5. The van der Waals surface area contributed by atoms with Crippen LogP contribution in [-0.2, 0) is 9.53 Å². The summed E-state index contributed by atoms with van der Waals surface area (Å²) in [5, 5.41) is 6.66. The van der Waals surface area contributed by atoms with Crippen LogP contribution in [0, 0.1) is 11.6 Å². The molecule has 1 fully saturated rings. The van der Waals surface area contributed by atoms with Gasteiger partial charge >= 0.3 is 0 Å². The summed E-state index contributed by atoms with van der Waals surface area (Å²) >= 11 is 0. The van der Waals surface area contributed by atoms with Gasteiger partial charge in [0.05, 0.1) is 49.9 Å². The zero-order valence-electron chi connectivity index (χ0n) is 21.9. The van der Waals surface area contributed by atoms with E-state index in [1.165, 1.54) is 26.4 Å². The Morgan fingerprint density at radius 1 is 1.07 bits per heavy atom. The molecule has 1 amide bonds. The highest BCUT2D eigenvalue weighted by Gasteiger charge is 2.28. The van der Waals surface area contributed by atoms with Gasteiger partial charge in [0, 0.05) is 29.8 Å². The van der Waals surface area contributed by atoms with E-state index >= 15 is 8.78 Å². The molecule has 4 aromatic rings. The first kappa shape index (κ1) is 26.9. The summed E-state index contributed by atoms with van der Waals surface area (Å²) in [5.74, 6) is -2.17. The van der Waals surface area contributed by atoms with Crippen molar-refractivity contribution in [2.75, 3.05) is 32.8 Å². The number of nitrogens with zero attached hydrogens (tertiary/aromatic N) is 3. The van der Waals surface area contributed by atoms with Crippen LogP contribution in [0.1, 0.15) is 6.42 Å². The van der Waals surface area contributed by atoms with Crippen molar-refractivity contribution in [2.24, 2.45) is 0 Å². The van der Waals surface area contributed by atoms with E-state index in [1.54, 1.807) is 6.20 Å². The van der Waals surface area contributed by atoms with Gasteiger partial charge in [0.1, 0.15) is 5.52 Å². The summed E-state index contributed by atoms with van der Waals surface area (Å²) in [5.41, 5.74) is 1.18. The number of ether oxygens (including phenoxy) is 3. The van der Waals surface area contributed by atoms with Gasteiger partial charge in [-0.05, 0) is 18.6 Å². The number of fused-ring (bicyclic) bond motifs is 1. The van der Waals surface area contributed by atoms with E-state index in [4.69, 9.17) is 19.2 Å². The van der Waals surface area contributed by atoms with Crippen molar-refractivity contribution in [3.8, 4) is 34.0 Å². The molecule has 40 heavy (non-hydrogen) atoms. The van der Waals surface area contributed by atoms with E-state index in [2.05, 4.69) is 27.2 Å². The third-order valence-electron chi connectivity index (χ3n) is 6.63. The maximum Gasteiger partial charge on any atom is 0.243 e. The first-order valence-corrected chi connectivity index (χ1v) is 12.5. The lowest BCUT2D eigenvalue weighted by Gasteiger charge is -2.32. The summed E-state index contributed by atoms with van der Waals surface area (Å²) in [6.07, 6.45) is 3.38. The second-order valence-corrected chi connectivity index (χ2v) is 9.07. The van der Waals surface area contributed by atoms with E-state index in [-0.39, 0.29) is 41.1 Å². The summed E-state index contributed by atoms with van der Waals surface area (Å²) in [6, 6.07) is 11.3. The molecule has 2 atom stereocenters. The maximum absolute atomic E-state index is 15.4. The highest BCUT2D eigenvalue weighted by molar-refractivity contribution is 5.94. The molecule has 0 radical (unpaired) electrons. The highest BCUT2D eigenvalue weighted by atomic mass is 19.1. The van der Waals surface area contributed by atoms with E-state index in [1.807, 2.05) is 30.3 Å². The number of benzene rings is 2. The van der Waals surface area contributed by atoms with Crippen LogP contribution < -0.4 is 20.1 Å². The van der Waals surface area contributed by atoms with Gasteiger partial charge in [-0.15, -0.1) is 0 Å². The third-order valence-corrected chi connectivity index (χ3v) is 6.63. The smallest absolute Gasteiger partial charge is 0.243 e. The van der Waals surface area contributed by atoms with Gasteiger partial charge in [0.15, 0.2) is 23.1 Å². The molecule has 11 heteroatoms. The molecular formula is C29H27F2N5O4. The summed E-state index contributed by atoms with van der Waals surface area (Å²) in [7, 11) is 2.58. The lowest BCUT2D eigenvalue weighted by atomic mass is 10.0. The molecule has 206 valence electrons. The van der Waals surface area contributed by atoms with Crippen LogP contribution in [0.15, 0.2) is 61.3 Å². The molecule has 0 saturated carbocycles. The van der Waals surface area contributed by atoms with Crippen LogP contribution in [0.5, 0.6) is 11.5 Å². The molecule has 0 bridgehead atoms. The Balaban J connectivity index is 1.62. The highest BCUT2D eigenvalue weighted by Crippen LogP contribution is 2.39. The Bertz CT molecular complexity index is 1540. The number of rotatable bonds is 8. The molecule has 1 saturated heterocycles. The van der Waals surface area contributed by atoms with Crippen molar-refractivity contribution >= 4 is 22.8 Å². The molecule has 1 aliphatic rings. The number of carbonyl (C=O) groups is 1. The standard InChI is InChI=1S/C29H27F2N5O4/c1-4-23(37)33-18-10-11-40-15-20(18)35-29-32-14-17-12-19(24-25(30)21(38-2)13-22(39-3)26(24)31)34-27(28(17)36-29)16-8-6-5-7-9-16/h4-9,12-14,18,20H,1,10-11,15H2,2-3H3,(H,33,37)(H,32,35,36)/t18?,20-/m1/s1. The van der Waals surface area contributed by atoms with Gasteiger partial charge in [0.25, 0.3) is 0 Å². The Morgan fingerprint density at radius 2 is 1.80 bits per heavy atom. The number of pyridine rings is 1. The molecule has 2 N–H and O–H groups in total. The molecule has 3 heterocycles. The average Bonchev–Trinajstić information content (AvgIpc) is 2.98. The number of methoxy groups -OCH3 is 2. The largest absolute Gasteiger partial charge is 0.494 e. The average molecular weight is 548 g/mol. The van der Waals surface area contributed by atoms with Crippen LogP contribution in [0.25, 0.3) is 33.4 Å². The minimum atomic E-state index is -0.907. The monoisotopic (exact) mass is 547 g/mol. The molecule has 1 unspecified atom stereocenters. The van der Waals surface area contributed by atoms with Crippen molar-refractivity contribution < 1.29 is 27.8 Å². The normalized spacial score (nSPS) is 16.8. The summed E-state index contributed by atoms with van der Waals surface area (Å²) in [6.45, 7) is 4.35. The molecule has 2 aromatic carbocycles. The zero-order chi connectivity index (χ0) is 28.2. The second-order valence-electron chi connectivity index (χ2n) is 9.07. The Hall–Kier alpha value is -4.64. The predicted octanol–water partition coefficient (Wildman–Crippen LogP) is 4.53. The van der Waals surface area contributed by atoms with E-state index < -0.39 is 17.2 Å². The minimum absolute atomic E-state index is 0.0238. The van der Waals surface area contributed by atoms with Crippen molar-refractivity contribution in [2.45, 2.75) is 18.5 Å². The van der Waals surface area contributed by atoms with Gasteiger partial charge in [-0.1, -0.05) is 36.9 Å². The number of hydrogen-bond donors (Lipinski definition) is 2. The third kappa shape index (κ3) is 5.28. The van der Waals surface area contributed by atoms with Crippen LogP contribution in [0.4, 0.5) is 14.7 Å². The van der Waals surface area contributed by atoms with Crippen molar-refractivity contribution in [1.82, 2.24) is 20.3 Å². The SMILES string of the molecule is C=CC(=O)NC1CCOC[C@H]1Nc1ncc2cc(-c3c(F)c(OC)cc(OC)c3F)nc(-c3ccccc3)c2n1. The molecule has 9 nitrogen and oxygen atoms in total. The van der Waals surface area contributed by atoms with Crippen LogP contribution in [-0.4, -0.2) is 60.4 Å². The quantitative estimate of drug-likeness (QED) is 0.310. The predicted molar refractivity (Wildman–Crippen MR) is 146 cm³/mol. The van der Waals surface area contributed by atoms with Crippen LogP contribution >= 0.6 is 0 Å². The van der Waals surface area contributed by atoms with Crippen molar-refractivity contribution in [3.05, 3.63) is 73.0 Å². The Morgan fingerprint density at radius 3 is 2.48 bits per heavy atom. The number of carbonyl (C=O) groups excluding carboxylic acids is 1. The molecule has 2 aromatic heterocycles. The lowest BCUT2D eigenvalue weighted by molar-refractivity contribution is -0.117. The topological polar surface area (TPSA) is 107 Å². The number of aromatic nitrogens is 3. The van der Waals surface area contributed by atoms with Crippen molar-refractivity contribution in [1.29, 1.82) is 0 Å². The number of halogens is 2. The fourth-order valence-electron chi connectivity index (χ4n) is 4.61. The van der Waals surface area contributed by atoms with Crippen molar-refractivity contribution in [3.63, 3.8) is 0 Å². The van der Waals surface area contributed by atoms with E-state index in [0.717, 1.165) is 6.07 Å². The molecular weight excluding hydrogens is 520 g/mol. The summed E-state index contributed by atoms with van der Waals surface area (Å²) < 4.78 is 46.6. The minimum Gasteiger partial charge on any atom is -0.494 e. The number of nitrogens with one attached hydrogen (secondary N) is 2. The number of anilines is 1. The lowest BCUT2D eigenvalue weighted by Crippen LogP contribution is -2.52. The number of hydrogen-bond acceptors (Lipinski definition) is 8. The van der Waals surface area contributed by atoms with Crippen LogP contribution in [0.2, 0.25) is 0 Å². The Kier molecular flexibility index (Phi) is 7.83. The van der Waals surface area contributed by atoms with Gasteiger partial charge < -0.3 is 24.8 Å². The Labute approximate surface area is 229 Å². The molecule has 5 rings (SSSR count). The van der Waals surface area contributed by atoms with Gasteiger partial charge in [-0.3, -0.25) is 4.79 Å². The molecule has 1 aliphatic heterocycles. The summed E-state index contributed by atoms with van der Waals surface area (Å²) in [4.78, 5) is 25.7.